The van der Waals surface area contributed by atoms with E-state index in [2.05, 4.69) is 20.8 Å². The molecule has 34 heavy (non-hydrogen) atoms. The van der Waals surface area contributed by atoms with E-state index in [4.69, 9.17) is 32.4 Å². The molecule has 0 radical (unpaired) electrons. The van der Waals surface area contributed by atoms with Crippen molar-refractivity contribution in [3.8, 4) is 5.75 Å². The third-order valence-corrected chi connectivity index (χ3v) is 6.24. The molecule has 176 valence electrons. The molecule has 8 heteroatoms. The summed E-state index contributed by atoms with van der Waals surface area (Å²) in [6.07, 6.45) is 1.44. The van der Waals surface area contributed by atoms with E-state index in [1.165, 1.54) is 30.4 Å². The van der Waals surface area contributed by atoms with Gasteiger partial charge in [0.1, 0.15) is 23.3 Å². The molecule has 0 spiro atoms. The molecule has 1 unspecified atom stereocenters. The van der Waals surface area contributed by atoms with Crippen LogP contribution in [-0.2, 0) is 15.0 Å². The van der Waals surface area contributed by atoms with Gasteiger partial charge in [0.2, 0.25) is 0 Å². The van der Waals surface area contributed by atoms with Gasteiger partial charge in [-0.25, -0.2) is 0 Å². The molecule has 4 rings (SSSR count). The SMILES string of the molecule is COc1c(Cl)cc(Cl)cc1/C(O)=C1/C(=O)C(=O)N(c2ccc(C(C)(C)C)cc2)C1c1ccco1. The molecule has 1 saturated heterocycles. The zero-order valence-electron chi connectivity index (χ0n) is 19.1. The summed E-state index contributed by atoms with van der Waals surface area (Å²) < 4.78 is 10.9. The maximum absolute atomic E-state index is 13.2. The molecule has 1 atom stereocenters. The lowest BCUT2D eigenvalue weighted by molar-refractivity contribution is -0.132. The van der Waals surface area contributed by atoms with Gasteiger partial charge < -0.3 is 14.3 Å². The predicted octanol–water partition coefficient (Wildman–Crippen LogP) is 6.52. The van der Waals surface area contributed by atoms with Gasteiger partial charge in [-0.15, -0.1) is 0 Å². The minimum Gasteiger partial charge on any atom is -0.507 e. The molecular weight excluding hydrogens is 477 g/mol. The number of carbonyl (C=O) groups excluding carboxylic acids is 2. The van der Waals surface area contributed by atoms with Crippen molar-refractivity contribution in [2.45, 2.75) is 32.2 Å². The number of aliphatic hydroxyl groups excluding tert-OH is 1. The number of benzene rings is 2. The second-order valence-electron chi connectivity index (χ2n) is 8.95. The molecule has 1 amide bonds. The fourth-order valence-electron chi connectivity index (χ4n) is 4.03. The highest BCUT2D eigenvalue weighted by molar-refractivity contribution is 6.51. The van der Waals surface area contributed by atoms with Crippen LogP contribution in [0, 0.1) is 0 Å². The number of ether oxygens (including phenoxy) is 1. The van der Waals surface area contributed by atoms with Crippen molar-refractivity contribution in [1.82, 2.24) is 0 Å². The molecule has 3 aromatic rings. The summed E-state index contributed by atoms with van der Waals surface area (Å²) in [5.74, 6) is -1.68. The number of ketones is 1. The first-order chi connectivity index (χ1) is 16.0. The Balaban J connectivity index is 1.93. The van der Waals surface area contributed by atoms with Gasteiger partial charge in [0.25, 0.3) is 11.7 Å². The average Bonchev–Trinajstić information content (AvgIpc) is 3.39. The topological polar surface area (TPSA) is 80.0 Å². The highest BCUT2D eigenvalue weighted by Gasteiger charge is 2.48. The first-order valence-electron chi connectivity index (χ1n) is 10.5. The van der Waals surface area contributed by atoms with Crippen LogP contribution in [0.2, 0.25) is 10.0 Å². The number of anilines is 1. The van der Waals surface area contributed by atoms with E-state index in [1.807, 2.05) is 12.1 Å². The Morgan fingerprint density at radius 3 is 2.32 bits per heavy atom. The van der Waals surface area contributed by atoms with Crippen molar-refractivity contribution in [1.29, 1.82) is 0 Å². The van der Waals surface area contributed by atoms with E-state index in [0.717, 1.165) is 5.56 Å². The van der Waals surface area contributed by atoms with E-state index in [-0.39, 0.29) is 32.3 Å². The summed E-state index contributed by atoms with van der Waals surface area (Å²) in [4.78, 5) is 27.8. The molecule has 0 aliphatic carbocycles. The lowest BCUT2D eigenvalue weighted by atomic mass is 9.87. The summed E-state index contributed by atoms with van der Waals surface area (Å²) in [5, 5.41) is 11.7. The lowest BCUT2D eigenvalue weighted by Gasteiger charge is -2.25. The van der Waals surface area contributed by atoms with Crippen molar-refractivity contribution in [2.24, 2.45) is 0 Å². The van der Waals surface area contributed by atoms with Gasteiger partial charge in [0, 0.05) is 10.7 Å². The van der Waals surface area contributed by atoms with Crippen LogP contribution in [0.4, 0.5) is 5.69 Å². The van der Waals surface area contributed by atoms with Crippen LogP contribution >= 0.6 is 23.2 Å². The van der Waals surface area contributed by atoms with E-state index < -0.39 is 23.5 Å². The van der Waals surface area contributed by atoms with Gasteiger partial charge in [-0.3, -0.25) is 14.5 Å². The average molecular weight is 500 g/mol. The minimum atomic E-state index is -1.00. The molecule has 1 aliphatic rings. The summed E-state index contributed by atoms with van der Waals surface area (Å²) in [7, 11) is 1.38. The monoisotopic (exact) mass is 499 g/mol. The third-order valence-electron chi connectivity index (χ3n) is 5.74. The molecule has 2 aromatic carbocycles. The highest BCUT2D eigenvalue weighted by Crippen LogP contribution is 2.45. The minimum absolute atomic E-state index is 0.0878. The number of halogens is 2. The van der Waals surface area contributed by atoms with Gasteiger partial charge in [-0.2, -0.15) is 0 Å². The first-order valence-corrected chi connectivity index (χ1v) is 11.3. The molecule has 1 fully saturated rings. The van der Waals surface area contributed by atoms with Crippen LogP contribution in [0.25, 0.3) is 5.76 Å². The number of amides is 1. The number of hydrogen-bond donors (Lipinski definition) is 1. The van der Waals surface area contributed by atoms with Crippen LogP contribution < -0.4 is 9.64 Å². The molecule has 1 aliphatic heterocycles. The van der Waals surface area contributed by atoms with Crippen molar-refractivity contribution in [2.75, 3.05) is 12.0 Å². The second-order valence-corrected chi connectivity index (χ2v) is 9.79. The van der Waals surface area contributed by atoms with Crippen molar-refractivity contribution < 1.29 is 23.8 Å². The third kappa shape index (κ3) is 4.08. The number of methoxy groups -OCH3 is 1. The van der Waals surface area contributed by atoms with Gasteiger partial charge >= 0.3 is 0 Å². The van der Waals surface area contributed by atoms with E-state index >= 15 is 0 Å². The predicted molar refractivity (Wildman–Crippen MR) is 132 cm³/mol. The van der Waals surface area contributed by atoms with Crippen LogP contribution in [0.5, 0.6) is 5.75 Å². The number of Topliss-reactive ketones (excluding diaryl/α,β-unsaturated/α-hetero) is 1. The molecule has 0 saturated carbocycles. The normalized spacial score (nSPS) is 17.9. The zero-order chi connectivity index (χ0) is 24.8. The number of furan rings is 1. The summed E-state index contributed by atoms with van der Waals surface area (Å²) in [5.41, 5.74) is 1.41. The van der Waals surface area contributed by atoms with Crippen LogP contribution in [0.1, 0.15) is 43.7 Å². The number of hydrogen-bond acceptors (Lipinski definition) is 5. The van der Waals surface area contributed by atoms with E-state index in [0.29, 0.717) is 11.4 Å². The maximum atomic E-state index is 13.2. The smallest absolute Gasteiger partial charge is 0.300 e. The summed E-state index contributed by atoms with van der Waals surface area (Å²) in [6, 6.07) is 12.5. The molecule has 1 N–H and O–H groups in total. The van der Waals surface area contributed by atoms with Gasteiger partial charge in [-0.05, 0) is 47.4 Å². The Morgan fingerprint density at radius 1 is 1.09 bits per heavy atom. The fourth-order valence-corrected chi connectivity index (χ4v) is 4.60. The molecule has 1 aromatic heterocycles. The zero-order valence-corrected chi connectivity index (χ0v) is 20.6. The fraction of sp³-hybridized carbons (Fsp3) is 0.231. The van der Waals surface area contributed by atoms with Gasteiger partial charge in [-0.1, -0.05) is 56.1 Å². The Kier molecular flexibility index (Phi) is 6.23. The van der Waals surface area contributed by atoms with Crippen molar-refractivity contribution >= 4 is 46.3 Å². The van der Waals surface area contributed by atoms with E-state index in [1.54, 1.807) is 24.3 Å². The Bertz CT molecular complexity index is 1290. The van der Waals surface area contributed by atoms with Gasteiger partial charge in [0.15, 0.2) is 0 Å². The van der Waals surface area contributed by atoms with Gasteiger partial charge in [0.05, 0.1) is 29.5 Å². The summed E-state index contributed by atoms with van der Waals surface area (Å²) >= 11 is 12.4. The number of rotatable bonds is 4. The molecular formula is C26H23Cl2NO5. The molecule has 6 nitrogen and oxygen atoms in total. The standard InChI is InChI=1S/C26H23Cl2NO5/c1-26(2,3)14-7-9-16(10-8-14)29-21(19-6-5-11-34-19)20(23(31)25(29)32)22(30)17-12-15(27)13-18(28)24(17)33-4/h5-13,21,30H,1-4H3/b22-20-. The highest BCUT2D eigenvalue weighted by atomic mass is 35.5. The van der Waals surface area contributed by atoms with Crippen LogP contribution in [0.15, 0.2) is 64.8 Å². The first kappa shape index (κ1) is 23.9. The van der Waals surface area contributed by atoms with Crippen LogP contribution in [-0.4, -0.2) is 23.9 Å². The van der Waals surface area contributed by atoms with Crippen molar-refractivity contribution in [3.63, 3.8) is 0 Å². The maximum Gasteiger partial charge on any atom is 0.300 e. The van der Waals surface area contributed by atoms with Crippen molar-refractivity contribution in [3.05, 3.63) is 87.3 Å². The Morgan fingerprint density at radius 2 is 1.76 bits per heavy atom. The number of carbonyl (C=O) groups is 2. The molecule has 0 bridgehead atoms. The molecule has 2 heterocycles. The summed E-state index contributed by atoms with van der Waals surface area (Å²) in [6.45, 7) is 6.25. The van der Waals surface area contributed by atoms with E-state index in [9.17, 15) is 14.7 Å². The Labute approximate surface area is 207 Å². The number of aliphatic hydroxyl groups is 1. The Hall–Kier alpha value is -3.22. The van der Waals surface area contributed by atoms with Crippen LogP contribution in [0.3, 0.4) is 0 Å². The quantitative estimate of drug-likeness (QED) is 0.251. The second kappa shape index (κ2) is 8.85. The largest absolute Gasteiger partial charge is 0.507 e. The number of nitrogens with zero attached hydrogens (tertiary/aromatic N) is 1. The lowest BCUT2D eigenvalue weighted by Crippen LogP contribution is -2.29.